The van der Waals surface area contributed by atoms with Gasteiger partial charge in [0.25, 0.3) is 0 Å². The third-order valence-electron chi connectivity index (χ3n) is 3.70. The van der Waals surface area contributed by atoms with Crippen LogP contribution in [-0.4, -0.2) is 61.1 Å². The number of thiazole rings is 1. The van der Waals surface area contributed by atoms with E-state index in [1.54, 1.807) is 11.3 Å². The monoisotopic (exact) mass is 341 g/mol. The quantitative estimate of drug-likeness (QED) is 0.673. The molecule has 0 aliphatic carbocycles. The van der Waals surface area contributed by atoms with E-state index >= 15 is 0 Å². The summed E-state index contributed by atoms with van der Waals surface area (Å²) in [6, 6.07) is 0. The maximum atomic E-state index is 4.61. The first-order valence-corrected chi connectivity index (χ1v) is 9.63. The fourth-order valence-electron chi connectivity index (χ4n) is 2.36. The van der Waals surface area contributed by atoms with Gasteiger partial charge >= 0.3 is 0 Å². The van der Waals surface area contributed by atoms with Crippen molar-refractivity contribution in [3.63, 3.8) is 0 Å². The molecule has 5 nitrogen and oxygen atoms in total. The molecule has 0 aromatic carbocycles. The zero-order chi connectivity index (χ0) is 16.1. The Kier molecular flexibility index (Phi) is 6.37. The Morgan fingerprint density at radius 1 is 1.55 bits per heavy atom. The first kappa shape index (κ1) is 17.4. The summed E-state index contributed by atoms with van der Waals surface area (Å²) in [6.07, 6.45) is 0. The summed E-state index contributed by atoms with van der Waals surface area (Å²) in [5, 5.41) is 7.30. The third-order valence-corrected chi connectivity index (χ3v) is 6.30. The highest BCUT2D eigenvalue weighted by Gasteiger charge is 2.24. The van der Waals surface area contributed by atoms with Gasteiger partial charge in [-0.1, -0.05) is 13.8 Å². The molecule has 22 heavy (non-hydrogen) atoms. The van der Waals surface area contributed by atoms with Crippen molar-refractivity contribution in [2.45, 2.75) is 25.6 Å². The van der Waals surface area contributed by atoms with Crippen LogP contribution in [0, 0.1) is 5.92 Å². The number of nitrogens with zero attached hydrogens (tertiary/aromatic N) is 4. The van der Waals surface area contributed by atoms with E-state index in [4.69, 9.17) is 0 Å². The number of aliphatic imine (C=N–C) groups is 1. The summed E-state index contributed by atoms with van der Waals surface area (Å²) >= 11 is 3.76. The van der Waals surface area contributed by atoms with Crippen LogP contribution in [0.1, 0.15) is 19.5 Å². The molecule has 1 aromatic rings. The standard InChI is InChI=1S/C15H27N5S2/c1-11(2)13-9-20(6-7-21-13)14(16-3)17-8-12-10-22-15(18-12)19(4)5/h10-11,13H,6-9H2,1-5H3,(H,16,17). The largest absolute Gasteiger partial charge is 0.354 e. The van der Waals surface area contributed by atoms with Crippen LogP contribution in [0.25, 0.3) is 0 Å². The summed E-state index contributed by atoms with van der Waals surface area (Å²) in [5.41, 5.74) is 1.07. The third kappa shape index (κ3) is 4.52. The Bertz CT molecular complexity index is 498. The smallest absolute Gasteiger partial charge is 0.194 e. The molecule has 1 N–H and O–H groups in total. The van der Waals surface area contributed by atoms with Crippen molar-refractivity contribution in [2.24, 2.45) is 10.9 Å². The van der Waals surface area contributed by atoms with Crippen molar-refractivity contribution < 1.29 is 0 Å². The molecule has 1 unspecified atom stereocenters. The second-order valence-corrected chi connectivity index (χ2v) is 8.20. The van der Waals surface area contributed by atoms with Gasteiger partial charge in [0, 0.05) is 50.6 Å². The van der Waals surface area contributed by atoms with Gasteiger partial charge < -0.3 is 15.1 Å². The molecule has 0 amide bonds. The highest BCUT2D eigenvalue weighted by molar-refractivity contribution is 8.00. The minimum Gasteiger partial charge on any atom is -0.354 e. The maximum Gasteiger partial charge on any atom is 0.194 e. The van der Waals surface area contributed by atoms with Gasteiger partial charge in [0.15, 0.2) is 11.1 Å². The number of nitrogens with one attached hydrogen (secondary N) is 1. The van der Waals surface area contributed by atoms with E-state index in [9.17, 15) is 0 Å². The van der Waals surface area contributed by atoms with E-state index in [2.05, 4.69) is 51.2 Å². The molecule has 2 rings (SSSR count). The lowest BCUT2D eigenvalue weighted by molar-refractivity contribution is 0.380. The molecule has 7 heteroatoms. The van der Waals surface area contributed by atoms with Crippen LogP contribution in [0.4, 0.5) is 5.13 Å². The van der Waals surface area contributed by atoms with Crippen LogP contribution in [0.3, 0.4) is 0 Å². The lowest BCUT2D eigenvalue weighted by Gasteiger charge is -2.36. The maximum absolute atomic E-state index is 4.61. The van der Waals surface area contributed by atoms with Crippen LogP contribution in [-0.2, 0) is 6.54 Å². The number of hydrogen-bond donors (Lipinski definition) is 1. The van der Waals surface area contributed by atoms with Crippen LogP contribution in [0.5, 0.6) is 0 Å². The van der Waals surface area contributed by atoms with E-state index in [1.165, 1.54) is 5.75 Å². The first-order chi connectivity index (χ1) is 10.5. The van der Waals surface area contributed by atoms with Gasteiger partial charge in [0.1, 0.15) is 0 Å². The van der Waals surface area contributed by atoms with E-state index in [-0.39, 0.29) is 0 Å². The van der Waals surface area contributed by atoms with Gasteiger partial charge in [-0.05, 0) is 5.92 Å². The zero-order valence-corrected chi connectivity index (χ0v) is 15.8. The number of hydrogen-bond acceptors (Lipinski definition) is 5. The first-order valence-electron chi connectivity index (χ1n) is 7.70. The Morgan fingerprint density at radius 3 is 2.91 bits per heavy atom. The van der Waals surface area contributed by atoms with Crippen molar-refractivity contribution in [3.05, 3.63) is 11.1 Å². The van der Waals surface area contributed by atoms with Crippen LogP contribution in [0.15, 0.2) is 10.4 Å². The molecule has 2 heterocycles. The number of rotatable bonds is 4. The van der Waals surface area contributed by atoms with Gasteiger partial charge in [-0.15, -0.1) is 11.3 Å². The Balaban J connectivity index is 1.91. The van der Waals surface area contributed by atoms with Gasteiger partial charge in [-0.3, -0.25) is 4.99 Å². The molecule has 0 saturated carbocycles. The molecular formula is C15H27N5S2. The molecule has 1 aliphatic heterocycles. The van der Waals surface area contributed by atoms with E-state index in [1.807, 2.05) is 26.0 Å². The SMILES string of the molecule is CN=C(NCc1csc(N(C)C)n1)N1CCSC(C(C)C)C1. The van der Waals surface area contributed by atoms with Crippen molar-refractivity contribution in [1.82, 2.24) is 15.2 Å². The number of aromatic nitrogens is 1. The van der Waals surface area contributed by atoms with Crippen molar-refractivity contribution >= 4 is 34.2 Å². The van der Waals surface area contributed by atoms with Crippen LogP contribution < -0.4 is 10.2 Å². The number of guanidine groups is 1. The Labute approximate surface area is 142 Å². The second kappa shape index (κ2) is 8.06. The van der Waals surface area contributed by atoms with Gasteiger partial charge in [0.2, 0.25) is 0 Å². The molecule has 0 radical (unpaired) electrons. The van der Waals surface area contributed by atoms with Crippen LogP contribution in [0.2, 0.25) is 0 Å². The summed E-state index contributed by atoms with van der Waals surface area (Å²) in [5.74, 6) is 2.86. The zero-order valence-electron chi connectivity index (χ0n) is 14.2. The van der Waals surface area contributed by atoms with Crippen molar-refractivity contribution in [3.8, 4) is 0 Å². The van der Waals surface area contributed by atoms with E-state index in [0.717, 1.165) is 36.4 Å². The van der Waals surface area contributed by atoms with E-state index in [0.29, 0.717) is 11.2 Å². The molecule has 1 fully saturated rings. The van der Waals surface area contributed by atoms with Crippen molar-refractivity contribution in [1.29, 1.82) is 0 Å². The summed E-state index contributed by atoms with van der Waals surface area (Å²) in [4.78, 5) is 13.5. The van der Waals surface area contributed by atoms with Gasteiger partial charge in [-0.2, -0.15) is 11.8 Å². The Hall–Kier alpha value is -0.950. The molecule has 1 aliphatic rings. The fourth-order valence-corrected chi connectivity index (χ4v) is 4.41. The predicted molar refractivity (Wildman–Crippen MR) is 99.3 cm³/mol. The summed E-state index contributed by atoms with van der Waals surface area (Å²) < 4.78 is 0. The topological polar surface area (TPSA) is 43.8 Å². The fraction of sp³-hybridized carbons (Fsp3) is 0.733. The molecular weight excluding hydrogens is 314 g/mol. The molecule has 1 aromatic heterocycles. The lowest BCUT2D eigenvalue weighted by atomic mass is 10.1. The second-order valence-electron chi connectivity index (χ2n) is 6.02. The molecule has 124 valence electrons. The normalized spacial score (nSPS) is 19.6. The summed E-state index contributed by atoms with van der Waals surface area (Å²) in [6.45, 7) is 7.47. The summed E-state index contributed by atoms with van der Waals surface area (Å²) in [7, 11) is 5.90. The van der Waals surface area contributed by atoms with Crippen LogP contribution >= 0.6 is 23.1 Å². The predicted octanol–water partition coefficient (Wildman–Crippen LogP) is 2.36. The van der Waals surface area contributed by atoms with Gasteiger partial charge in [0.05, 0.1) is 12.2 Å². The minimum atomic E-state index is 0.687. The van der Waals surface area contributed by atoms with Crippen molar-refractivity contribution in [2.75, 3.05) is 44.9 Å². The molecule has 1 saturated heterocycles. The number of thioether (sulfide) groups is 1. The minimum absolute atomic E-state index is 0.687. The Morgan fingerprint density at radius 2 is 2.32 bits per heavy atom. The lowest BCUT2D eigenvalue weighted by Crippen LogP contribution is -2.48. The molecule has 1 atom stereocenters. The average Bonchev–Trinajstić information content (AvgIpc) is 2.97. The average molecular weight is 342 g/mol. The van der Waals surface area contributed by atoms with E-state index < -0.39 is 0 Å². The number of anilines is 1. The highest BCUT2D eigenvalue weighted by atomic mass is 32.2. The molecule has 0 spiro atoms. The molecule has 0 bridgehead atoms. The van der Waals surface area contributed by atoms with Gasteiger partial charge in [-0.25, -0.2) is 4.98 Å². The highest BCUT2D eigenvalue weighted by Crippen LogP contribution is 2.25.